The summed E-state index contributed by atoms with van der Waals surface area (Å²) >= 11 is 0. The Bertz CT molecular complexity index is 1040. The molecule has 3 N–H and O–H groups in total. The fourth-order valence-electron chi connectivity index (χ4n) is 5.93. The van der Waals surface area contributed by atoms with Crippen molar-refractivity contribution in [1.29, 1.82) is 0 Å². The Balaban J connectivity index is 2.16. The van der Waals surface area contributed by atoms with Gasteiger partial charge >= 0.3 is 12.1 Å². The predicted molar refractivity (Wildman–Crippen MR) is 180 cm³/mol. The highest BCUT2D eigenvalue weighted by Gasteiger charge is 2.47. The highest BCUT2D eigenvalue weighted by atomic mass is 16.6. The summed E-state index contributed by atoms with van der Waals surface area (Å²) in [5.41, 5.74) is -0.362. The van der Waals surface area contributed by atoms with Crippen molar-refractivity contribution in [3.8, 4) is 0 Å². The van der Waals surface area contributed by atoms with Gasteiger partial charge in [0.15, 0.2) is 0 Å². The minimum Gasteiger partial charge on any atom is -0.457 e. The fourth-order valence-corrected chi connectivity index (χ4v) is 5.93. The van der Waals surface area contributed by atoms with Gasteiger partial charge in [-0.2, -0.15) is 0 Å². The molecule has 0 aromatic carbocycles. The average Bonchev–Trinajstić information content (AvgIpc) is 3.77. The van der Waals surface area contributed by atoms with Crippen molar-refractivity contribution in [2.45, 2.75) is 130 Å². The van der Waals surface area contributed by atoms with Crippen molar-refractivity contribution in [3.63, 3.8) is 0 Å². The fraction of sp³-hybridized carbons (Fsp3) is 0.778. The number of hydrogen-bond donors (Lipinski definition) is 3. The number of carbonyl (C=O) groups is 2. The molecule has 10 nitrogen and oxygen atoms in total. The Morgan fingerprint density at radius 1 is 1.17 bits per heavy atom. The monoisotopic (exact) mass is 650 g/mol. The summed E-state index contributed by atoms with van der Waals surface area (Å²) in [4.78, 5) is 29.7. The van der Waals surface area contributed by atoms with Crippen LogP contribution in [0, 0.1) is 17.8 Å². The maximum Gasteiger partial charge on any atom is 0.410 e. The number of aliphatic hydroxyl groups excluding tert-OH is 2. The quantitative estimate of drug-likeness (QED) is 0.104. The lowest BCUT2D eigenvalue weighted by Gasteiger charge is -2.29. The number of nitrogens with zero attached hydrogens (tertiary/aromatic N) is 2. The standard InChI is InChI=1S/C36H62N2O8/c1-10-29(40)27(7)34-31(44-34)23-36(8,43)19-13-14-25(5)33-26(6)16-18-30(24(4)15-17-28(39)22-32(41)46-33)45-35(42)37(9)20-21-38(11-2)12-3/h13-14,16,18-19,24,26-31,33-34,39-40,43H,10-12,15,17,20-23H2,1-9H3. The van der Waals surface area contributed by atoms with Crippen LogP contribution in [-0.2, 0) is 19.0 Å². The number of rotatable bonds is 14. The van der Waals surface area contributed by atoms with E-state index in [0.717, 1.165) is 25.2 Å². The van der Waals surface area contributed by atoms with Crippen molar-refractivity contribution in [2.24, 2.45) is 17.8 Å². The second-order valence-electron chi connectivity index (χ2n) is 13.7. The van der Waals surface area contributed by atoms with Crippen LogP contribution in [0.3, 0.4) is 0 Å². The topological polar surface area (TPSA) is 132 Å². The second-order valence-corrected chi connectivity index (χ2v) is 13.7. The molecule has 46 heavy (non-hydrogen) atoms. The molecule has 0 bridgehead atoms. The third kappa shape index (κ3) is 13.1. The maximum absolute atomic E-state index is 13.0. The third-order valence-corrected chi connectivity index (χ3v) is 9.50. The zero-order chi connectivity index (χ0) is 34.6. The summed E-state index contributed by atoms with van der Waals surface area (Å²) in [6.45, 7) is 18.7. The molecule has 2 rings (SSSR count). The van der Waals surface area contributed by atoms with Gasteiger partial charge in [-0.1, -0.05) is 65.8 Å². The van der Waals surface area contributed by atoms with Gasteiger partial charge in [0.25, 0.3) is 0 Å². The lowest BCUT2D eigenvalue weighted by Crippen LogP contribution is -2.38. The molecule has 2 aliphatic heterocycles. The van der Waals surface area contributed by atoms with Crippen molar-refractivity contribution in [1.82, 2.24) is 9.80 Å². The first-order chi connectivity index (χ1) is 21.6. The van der Waals surface area contributed by atoms with Crippen LogP contribution in [0.1, 0.15) is 87.5 Å². The van der Waals surface area contributed by atoms with Crippen molar-refractivity contribution < 1.29 is 39.1 Å². The first kappa shape index (κ1) is 39.9. The summed E-state index contributed by atoms with van der Waals surface area (Å²) in [7, 11) is 1.74. The van der Waals surface area contributed by atoms with Crippen LogP contribution in [-0.4, -0.2) is 113 Å². The molecule has 0 aromatic heterocycles. The maximum atomic E-state index is 13.0. The summed E-state index contributed by atoms with van der Waals surface area (Å²) in [6.07, 6.45) is 7.96. The number of amides is 1. The molecule has 2 heterocycles. The SMILES string of the molecule is CCC(O)C(C)C1OC1CC(C)(O)C=CC=C(C)C1OC(=O)CC(O)CCC(C)C(OC(=O)N(C)CCN(CC)CC)C=CC1C. The number of esters is 1. The van der Waals surface area contributed by atoms with E-state index in [4.69, 9.17) is 14.2 Å². The molecule has 1 fully saturated rings. The average molecular weight is 651 g/mol. The Hall–Kier alpha value is -2.24. The summed E-state index contributed by atoms with van der Waals surface area (Å²) < 4.78 is 17.6. The van der Waals surface area contributed by atoms with Gasteiger partial charge in [-0.15, -0.1) is 0 Å². The van der Waals surface area contributed by atoms with Crippen LogP contribution in [0.5, 0.6) is 0 Å². The minimum atomic E-state index is -1.13. The van der Waals surface area contributed by atoms with Gasteiger partial charge in [0.2, 0.25) is 0 Å². The van der Waals surface area contributed by atoms with Gasteiger partial charge in [0.05, 0.1) is 36.4 Å². The molecule has 0 radical (unpaired) electrons. The summed E-state index contributed by atoms with van der Waals surface area (Å²) in [5, 5.41) is 31.7. The minimum absolute atomic E-state index is 0.00493. The van der Waals surface area contributed by atoms with E-state index in [-0.39, 0.29) is 36.4 Å². The number of carbonyl (C=O) groups excluding carboxylic acids is 2. The van der Waals surface area contributed by atoms with Gasteiger partial charge in [-0.25, -0.2) is 4.79 Å². The second kappa shape index (κ2) is 18.9. The highest BCUT2D eigenvalue weighted by Crippen LogP contribution is 2.37. The van der Waals surface area contributed by atoms with Crippen LogP contribution in [0.2, 0.25) is 0 Å². The van der Waals surface area contributed by atoms with Crippen LogP contribution in [0.15, 0.2) is 36.0 Å². The zero-order valence-corrected chi connectivity index (χ0v) is 29.7. The van der Waals surface area contributed by atoms with Gasteiger partial charge in [-0.3, -0.25) is 4.79 Å². The van der Waals surface area contributed by atoms with Crippen molar-refractivity contribution in [2.75, 3.05) is 33.2 Å². The normalized spacial score (nSPS) is 30.6. The molecule has 10 atom stereocenters. The zero-order valence-electron chi connectivity index (χ0n) is 29.7. The largest absolute Gasteiger partial charge is 0.457 e. The lowest BCUT2D eigenvalue weighted by molar-refractivity contribution is -0.151. The van der Waals surface area contributed by atoms with E-state index in [9.17, 15) is 24.9 Å². The Morgan fingerprint density at radius 2 is 1.85 bits per heavy atom. The van der Waals surface area contributed by atoms with Crippen LogP contribution < -0.4 is 0 Å². The Kier molecular flexibility index (Phi) is 16.4. The van der Waals surface area contributed by atoms with E-state index < -0.39 is 42.1 Å². The van der Waals surface area contributed by atoms with Crippen molar-refractivity contribution >= 4 is 12.1 Å². The van der Waals surface area contributed by atoms with Crippen LogP contribution in [0.25, 0.3) is 0 Å². The number of hydrogen-bond acceptors (Lipinski definition) is 9. The van der Waals surface area contributed by atoms with Gasteiger partial charge in [0, 0.05) is 38.4 Å². The van der Waals surface area contributed by atoms with Gasteiger partial charge in [-0.05, 0) is 63.8 Å². The number of likely N-dealkylation sites (N-methyl/N-ethyl adjacent to an activating group) is 2. The van der Waals surface area contributed by atoms with Crippen LogP contribution in [0.4, 0.5) is 4.79 Å². The Morgan fingerprint density at radius 3 is 2.48 bits per heavy atom. The molecule has 0 spiro atoms. The first-order valence-electron chi connectivity index (χ1n) is 17.2. The van der Waals surface area contributed by atoms with Crippen LogP contribution >= 0.6 is 0 Å². The number of aliphatic hydroxyl groups is 3. The smallest absolute Gasteiger partial charge is 0.410 e. The van der Waals surface area contributed by atoms with E-state index in [1.54, 1.807) is 31.0 Å². The molecule has 0 saturated carbocycles. The predicted octanol–water partition coefficient (Wildman–Crippen LogP) is 4.87. The molecule has 2 aliphatic rings. The molecule has 10 unspecified atom stereocenters. The molecule has 0 aromatic rings. The van der Waals surface area contributed by atoms with Gasteiger partial charge in [0.1, 0.15) is 12.2 Å². The van der Waals surface area contributed by atoms with E-state index in [1.165, 1.54) is 0 Å². The molecule has 0 aliphatic carbocycles. The number of allylic oxidation sites excluding steroid dienone is 2. The molecule has 1 saturated heterocycles. The summed E-state index contributed by atoms with van der Waals surface area (Å²) in [6, 6.07) is 0. The number of ether oxygens (including phenoxy) is 3. The molecular formula is C36H62N2O8. The first-order valence-corrected chi connectivity index (χ1v) is 17.2. The van der Waals surface area contributed by atoms with E-state index in [0.29, 0.717) is 32.2 Å². The number of epoxide rings is 1. The molecular weight excluding hydrogens is 588 g/mol. The Labute approximate surface area is 277 Å². The lowest BCUT2D eigenvalue weighted by atomic mass is 9.91. The van der Waals surface area contributed by atoms with E-state index in [1.807, 2.05) is 52.8 Å². The van der Waals surface area contributed by atoms with E-state index >= 15 is 0 Å². The van der Waals surface area contributed by atoms with Gasteiger partial charge < -0.3 is 39.3 Å². The van der Waals surface area contributed by atoms with Crippen molar-refractivity contribution in [3.05, 3.63) is 36.0 Å². The molecule has 1 amide bonds. The summed E-state index contributed by atoms with van der Waals surface area (Å²) in [5.74, 6) is -0.804. The number of cyclic esters (lactones) is 1. The molecule has 10 heteroatoms. The van der Waals surface area contributed by atoms with E-state index in [2.05, 4.69) is 18.7 Å². The third-order valence-electron chi connectivity index (χ3n) is 9.50. The molecule has 264 valence electrons. The highest BCUT2D eigenvalue weighted by molar-refractivity contribution is 5.70.